The van der Waals surface area contributed by atoms with Crippen LogP contribution in [0.3, 0.4) is 0 Å². The van der Waals surface area contributed by atoms with Gasteiger partial charge in [0.15, 0.2) is 0 Å². The molecule has 1 unspecified atom stereocenters. The molecule has 0 fully saturated rings. The summed E-state index contributed by atoms with van der Waals surface area (Å²) in [5.74, 6) is 0.594. The largest absolute Gasteiger partial charge is 0.300 e. The summed E-state index contributed by atoms with van der Waals surface area (Å²) in [6.07, 6.45) is 14.6. The number of thiophene rings is 1. The number of aromatic amines is 1. The molecule has 1 N–H and O–H groups in total. The third kappa shape index (κ3) is 1.99. The maximum absolute atomic E-state index is 3.28. The third-order valence-electron chi connectivity index (χ3n) is 4.85. The molecule has 0 saturated heterocycles. The monoisotopic (exact) mass is 310 g/mol. The molecule has 2 aromatic heterocycles. The Balaban J connectivity index is 1.71. The second kappa shape index (κ2) is 5.17. The first-order valence-corrected chi connectivity index (χ1v) is 8.95. The summed E-state index contributed by atoms with van der Waals surface area (Å²) in [4.78, 5) is 3.14. The molecule has 2 nitrogen and oxygen atoms in total. The summed E-state index contributed by atoms with van der Waals surface area (Å²) >= 11 is 2.03. The van der Waals surface area contributed by atoms with Crippen molar-refractivity contribution < 1.29 is 0 Å². The Morgan fingerprint density at radius 2 is 2.23 bits per heavy atom. The van der Waals surface area contributed by atoms with Crippen LogP contribution in [0.25, 0.3) is 11.8 Å². The van der Waals surface area contributed by atoms with Gasteiger partial charge in [-0.2, -0.15) is 0 Å². The van der Waals surface area contributed by atoms with Gasteiger partial charge >= 0.3 is 0 Å². The molecule has 0 amide bonds. The van der Waals surface area contributed by atoms with Crippen LogP contribution in [0.5, 0.6) is 0 Å². The summed E-state index contributed by atoms with van der Waals surface area (Å²) < 4.78 is 2.20. The average molecular weight is 310 g/mol. The van der Waals surface area contributed by atoms with Crippen molar-refractivity contribution in [1.29, 1.82) is 0 Å². The fourth-order valence-electron chi connectivity index (χ4n) is 3.57. The third-order valence-corrected chi connectivity index (χ3v) is 6.30. The maximum atomic E-state index is 3.28. The SMILES string of the molecule is CCc1c(CC2=C(n3[nH]cc3C)C=CC2)sc2c1C=CC2C. The zero-order chi connectivity index (χ0) is 15.3. The molecule has 1 atom stereocenters. The average Bonchev–Trinajstić information content (AvgIpc) is 3.17. The lowest BCUT2D eigenvalue weighted by Crippen LogP contribution is -2.11. The summed E-state index contributed by atoms with van der Waals surface area (Å²) in [5, 5.41) is 3.28. The molecule has 114 valence electrons. The van der Waals surface area contributed by atoms with Crippen molar-refractivity contribution >= 4 is 23.1 Å². The molecule has 2 aliphatic rings. The number of allylic oxidation sites excluding steroid dienone is 5. The van der Waals surface area contributed by atoms with Gasteiger partial charge in [-0.3, -0.25) is 9.78 Å². The number of nitrogens with zero attached hydrogens (tertiary/aromatic N) is 1. The van der Waals surface area contributed by atoms with Gasteiger partial charge < -0.3 is 0 Å². The minimum absolute atomic E-state index is 0.594. The fourth-order valence-corrected chi connectivity index (χ4v) is 5.02. The number of nitrogens with one attached hydrogen (secondary N) is 1. The van der Waals surface area contributed by atoms with Crippen LogP contribution in [-0.2, 0) is 12.8 Å². The van der Waals surface area contributed by atoms with Crippen LogP contribution in [-0.4, -0.2) is 9.78 Å². The molecule has 0 radical (unpaired) electrons. The van der Waals surface area contributed by atoms with Crippen LogP contribution < -0.4 is 0 Å². The van der Waals surface area contributed by atoms with Gasteiger partial charge in [-0.1, -0.05) is 32.1 Å². The molecule has 22 heavy (non-hydrogen) atoms. The number of H-pyrrole nitrogens is 1. The molecule has 2 heterocycles. The molecular formula is C19H22N2S. The molecule has 0 aromatic carbocycles. The highest BCUT2D eigenvalue weighted by Gasteiger charge is 2.23. The Morgan fingerprint density at radius 1 is 1.36 bits per heavy atom. The Labute approximate surface area is 135 Å². The van der Waals surface area contributed by atoms with Crippen molar-refractivity contribution in [3.63, 3.8) is 0 Å². The molecular weight excluding hydrogens is 288 g/mol. The van der Waals surface area contributed by atoms with Crippen molar-refractivity contribution in [1.82, 2.24) is 9.78 Å². The van der Waals surface area contributed by atoms with Crippen LogP contribution in [0.15, 0.2) is 30.0 Å². The standard InChI is InChI=1S/C19H22N2S/c1-4-15-16-9-8-12(2)19(16)22-18(15)10-14-6-5-7-17(14)21-13(3)11-20-21/h5,7-9,11-12,20H,4,6,10H2,1-3H3. The highest BCUT2D eigenvalue weighted by Crippen LogP contribution is 2.42. The molecule has 0 saturated carbocycles. The predicted octanol–water partition coefficient (Wildman–Crippen LogP) is 5.29. The van der Waals surface area contributed by atoms with Gasteiger partial charge in [0.25, 0.3) is 0 Å². The van der Waals surface area contributed by atoms with Crippen molar-refractivity contribution in [2.24, 2.45) is 0 Å². The van der Waals surface area contributed by atoms with Crippen molar-refractivity contribution in [2.45, 2.75) is 46.0 Å². The van der Waals surface area contributed by atoms with E-state index in [4.69, 9.17) is 0 Å². The quantitative estimate of drug-likeness (QED) is 0.792. The molecule has 2 aromatic rings. The molecule has 0 bridgehead atoms. The van der Waals surface area contributed by atoms with E-state index in [2.05, 4.69) is 61.1 Å². The van der Waals surface area contributed by atoms with E-state index < -0.39 is 0 Å². The van der Waals surface area contributed by atoms with Crippen molar-refractivity contribution in [2.75, 3.05) is 0 Å². The number of hydrogen-bond acceptors (Lipinski definition) is 1. The van der Waals surface area contributed by atoms with E-state index in [0.717, 1.165) is 19.3 Å². The van der Waals surface area contributed by atoms with Crippen LogP contribution >= 0.6 is 11.3 Å². The maximum Gasteiger partial charge on any atom is 0.0622 e. The zero-order valence-corrected chi connectivity index (χ0v) is 14.3. The van der Waals surface area contributed by atoms with Crippen LogP contribution in [0.1, 0.15) is 52.8 Å². The minimum Gasteiger partial charge on any atom is -0.300 e. The lowest BCUT2D eigenvalue weighted by molar-refractivity contribution is 0.757. The van der Waals surface area contributed by atoms with Gasteiger partial charge in [0, 0.05) is 28.3 Å². The second-order valence-electron chi connectivity index (χ2n) is 6.31. The number of fused-ring (bicyclic) bond motifs is 1. The van der Waals surface area contributed by atoms with Crippen molar-refractivity contribution in [3.8, 4) is 0 Å². The smallest absolute Gasteiger partial charge is 0.0622 e. The Hall–Kier alpha value is -1.74. The Morgan fingerprint density at radius 3 is 2.91 bits per heavy atom. The summed E-state index contributed by atoms with van der Waals surface area (Å²) in [5.41, 5.74) is 7.26. The number of rotatable bonds is 4. The molecule has 0 aliphatic heterocycles. The molecule has 0 spiro atoms. The van der Waals surface area contributed by atoms with E-state index in [-0.39, 0.29) is 0 Å². The zero-order valence-electron chi connectivity index (χ0n) is 13.4. The lowest BCUT2D eigenvalue weighted by Gasteiger charge is -2.17. The van der Waals surface area contributed by atoms with Gasteiger partial charge in [-0.15, -0.1) is 11.3 Å². The topological polar surface area (TPSA) is 20.7 Å². The minimum atomic E-state index is 0.594. The highest BCUT2D eigenvalue weighted by atomic mass is 32.1. The summed E-state index contributed by atoms with van der Waals surface area (Å²) in [6.45, 7) is 6.74. The van der Waals surface area contributed by atoms with Gasteiger partial charge in [0.05, 0.1) is 11.4 Å². The predicted molar refractivity (Wildman–Crippen MR) is 95.3 cm³/mol. The number of aryl methyl sites for hydroxylation is 1. The Bertz CT molecular complexity index is 807. The number of hydrogen-bond donors (Lipinski definition) is 1. The van der Waals surface area contributed by atoms with E-state index in [1.165, 1.54) is 22.5 Å². The van der Waals surface area contributed by atoms with Gasteiger partial charge in [0.1, 0.15) is 0 Å². The molecule has 2 aliphatic carbocycles. The van der Waals surface area contributed by atoms with E-state index in [1.807, 2.05) is 11.3 Å². The fraction of sp³-hybridized carbons (Fsp3) is 0.368. The van der Waals surface area contributed by atoms with Crippen LogP contribution in [0.2, 0.25) is 0 Å². The van der Waals surface area contributed by atoms with E-state index in [1.54, 1.807) is 15.3 Å². The van der Waals surface area contributed by atoms with Gasteiger partial charge in [-0.25, -0.2) is 0 Å². The first kappa shape index (κ1) is 13.9. The Kier molecular flexibility index (Phi) is 3.26. The van der Waals surface area contributed by atoms with E-state index >= 15 is 0 Å². The second-order valence-corrected chi connectivity index (χ2v) is 7.44. The molecule has 4 rings (SSSR count). The van der Waals surface area contributed by atoms with Crippen LogP contribution in [0.4, 0.5) is 0 Å². The normalized spacial score (nSPS) is 19.7. The van der Waals surface area contributed by atoms with Gasteiger partial charge in [0.2, 0.25) is 0 Å². The summed E-state index contributed by atoms with van der Waals surface area (Å²) in [6, 6.07) is 0. The van der Waals surface area contributed by atoms with Crippen molar-refractivity contribution in [3.05, 3.63) is 56.6 Å². The first-order valence-electron chi connectivity index (χ1n) is 8.13. The van der Waals surface area contributed by atoms with E-state index in [0.29, 0.717) is 5.92 Å². The number of aromatic nitrogens is 2. The van der Waals surface area contributed by atoms with E-state index in [9.17, 15) is 0 Å². The summed E-state index contributed by atoms with van der Waals surface area (Å²) in [7, 11) is 0. The molecule has 3 heteroatoms. The lowest BCUT2D eigenvalue weighted by atomic mass is 10.0. The first-order chi connectivity index (χ1) is 10.7. The van der Waals surface area contributed by atoms with Crippen LogP contribution in [0, 0.1) is 6.92 Å². The van der Waals surface area contributed by atoms with Gasteiger partial charge in [-0.05, 0) is 42.5 Å². The highest BCUT2D eigenvalue weighted by molar-refractivity contribution is 7.12.